The first-order valence-electron chi connectivity index (χ1n) is 10.1. The van der Waals surface area contributed by atoms with Crippen LogP contribution in [0.3, 0.4) is 0 Å². The highest BCUT2D eigenvalue weighted by Crippen LogP contribution is 2.41. The summed E-state index contributed by atoms with van der Waals surface area (Å²) in [6.07, 6.45) is 5.24. The minimum absolute atomic E-state index is 0.0516. The van der Waals surface area contributed by atoms with Crippen molar-refractivity contribution in [1.29, 1.82) is 0 Å². The quantitative estimate of drug-likeness (QED) is 0.779. The number of benzene rings is 1. The van der Waals surface area contributed by atoms with Crippen molar-refractivity contribution < 1.29 is 27.4 Å². The van der Waals surface area contributed by atoms with Gasteiger partial charge >= 0.3 is 6.09 Å². The Morgan fingerprint density at radius 1 is 1.21 bits per heavy atom. The van der Waals surface area contributed by atoms with E-state index in [4.69, 9.17) is 4.74 Å². The van der Waals surface area contributed by atoms with Crippen molar-refractivity contribution in [3.05, 3.63) is 24.0 Å². The summed E-state index contributed by atoms with van der Waals surface area (Å²) in [5.74, 6) is -0.224. The number of piperazine rings is 1. The first-order valence-corrected chi connectivity index (χ1v) is 12.0. The molecule has 7 nitrogen and oxygen atoms in total. The summed E-state index contributed by atoms with van der Waals surface area (Å²) in [5, 5.41) is 9.23. The fraction of sp³-hybridized carbons (Fsp3) is 0.650. The second-order valence-corrected chi connectivity index (χ2v) is 10.4. The van der Waals surface area contributed by atoms with E-state index in [0.717, 1.165) is 51.0 Å². The van der Waals surface area contributed by atoms with Gasteiger partial charge in [0.1, 0.15) is 0 Å². The van der Waals surface area contributed by atoms with Crippen molar-refractivity contribution in [1.82, 2.24) is 9.80 Å². The van der Waals surface area contributed by atoms with E-state index in [1.54, 1.807) is 4.90 Å². The number of halogens is 1. The molecule has 1 aliphatic heterocycles. The van der Waals surface area contributed by atoms with E-state index in [2.05, 4.69) is 4.90 Å². The minimum atomic E-state index is -3.44. The van der Waals surface area contributed by atoms with Gasteiger partial charge in [-0.05, 0) is 56.2 Å². The third-order valence-electron chi connectivity index (χ3n) is 6.49. The molecule has 4 rings (SSSR count). The van der Waals surface area contributed by atoms with E-state index in [1.807, 2.05) is 0 Å². The molecule has 160 valence electrons. The number of carbonyl (C=O) groups is 1. The Morgan fingerprint density at radius 3 is 2.55 bits per heavy atom. The van der Waals surface area contributed by atoms with Crippen LogP contribution in [0.2, 0.25) is 0 Å². The third kappa shape index (κ3) is 4.35. The lowest BCUT2D eigenvalue weighted by molar-refractivity contribution is 0.0585. The minimum Gasteiger partial charge on any atom is -0.490 e. The van der Waals surface area contributed by atoms with E-state index >= 15 is 0 Å². The smallest absolute Gasteiger partial charge is 0.407 e. The Bertz CT molecular complexity index is 885. The van der Waals surface area contributed by atoms with Crippen LogP contribution in [0.1, 0.15) is 32.1 Å². The van der Waals surface area contributed by atoms with Gasteiger partial charge in [0, 0.05) is 31.4 Å². The highest BCUT2D eigenvalue weighted by atomic mass is 32.2. The number of hydrogen-bond donors (Lipinski definition) is 1. The molecule has 29 heavy (non-hydrogen) atoms. The molecule has 1 aromatic rings. The highest BCUT2D eigenvalue weighted by Gasteiger charge is 2.52. The van der Waals surface area contributed by atoms with Gasteiger partial charge in [-0.25, -0.2) is 17.6 Å². The largest absolute Gasteiger partial charge is 0.490 e. The zero-order chi connectivity index (χ0) is 20.8. The number of sulfone groups is 1. The first-order chi connectivity index (χ1) is 13.7. The second-order valence-electron chi connectivity index (χ2n) is 8.43. The van der Waals surface area contributed by atoms with E-state index < -0.39 is 21.7 Å². The fourth-order valence-electron chi connectivity index (χ4n) is 4.79. The van der Waals surface area contributed by atoms with Crippen molar-refractivity contribution in [3.63, 3.8) is 0 Å². The fourth-order valence-corrected chi connectivity index (χ4v) is 5.42. The Hall–Kier alpha value is -1.87. The van der Waals surface area contributed by atoms with Crippen LogP contribution in [0.15, 0.2) is 23.1 Å². The molecule has 2 aliphatic carbocycles. The molecular formula is C20H27FN2O5S. The summed E-state index contributed by atoms with van der Waals surface area (Å²) in [7, 11) is -3.44. The summed E-state index contributed by atoms with van der Waals surface area (Å²) in [6, 6.07) is 4.79. The maximum Gasteiger partial charge on any atom is 0.407 e. The Labute approximate surface area is 170 Å². The molecule has 0 radical (unpaired) electrons. The zero-order valence-corrected chi connectivity index (χ0v) is 17.3. The standard InChI is InChI=1S/C20H27FN2O5S/c1-29(26,27)15-6-7-19(16(21)10-15)28-12-13-2-4-14(5-3-13)22-8-9-23(20(24)25)18-11-17(18)22/h6-7,10,13-14,17-18H,2-5,8-9,11-12H2,1H3,(H,24,25). The number of rotatable bonds is 5. The van der Waals surface area contributed by atoms with Gasteiger partial charge in [-0.2, -0.15) is 0 Å². The van der Waals surface area contributed by atoms with Crippen LogP contribution in [0.25, 0.3) is 0 Å². The maximum absolute atomic E-state index is 14.1. The number of hydrogen-bond acceptors (Lipinski definition) is 5. The molecule has 2 unspecified atom stereocenters. The Kier molecular flexibility index (Phi) is 5.46. The molecule has 0 spiro atoms. The molecular weight excluding hydrogens is 399 g/mol. The predicted octanol–water partition coefficient (Wildman–Crippen LogP) is 2.60. The molecule has 3 aliphatic rings. The van der Waals surface area contributed by atoms with Gasteiger partial charge < -0.3 is 14.7 Å². The van der Waals surface area contributed by atoms with Gasteiger partial charge in [0.05, 0.1) is 17.5 Å². The number of ether oxygens (including phenoxy) is 1. The van der Waals surface area contributed by atoms with Gasteiger partial charge in [0.15, 0.2) is 21.4 Å². The molecule has 2 atom stereocenters. The lowest BCUT2D eigenvalue weighted by Gasteiger charge is -2.41. The second kappa shape index (κ2) is 7.75. The van der Waals surface area contributed by atoms with Crippen LogP contribution < -0.4 is 4.74 Å². The van der Waals surface area contributed by atoms with Crippen molar-refractivity contribution >= 4 is 15.9 Å². The third-order valence-corrected chi connectivity index (χ3v) is 7.60. The van der Waals surface area contributed by atoms with Crippen molar-refractivity contribution in [2.45, 2.75) is 55.1 Å². The van der Waals surface area contributed by atoms with Gasteiger partial charge in [-0.1, -0.05) is 0 Å². The molecule has 1 saturated heterocycles. The average Bonchev–Trinajstić information content (AvgIpc) is 3.46. The monoisotopic (exact) mass is 426 g/mol. The SMILES string of the molecule is CS(=O)(=O)c1ccc(OCC2CCC(N3CCN(C(=O)O)C4CC43)CC2)c(F)c1. The van der Waals surface area contributed by atoms with Crippen molar-refractivity contribution in [3.8, 4) is 5.75 Å². The highest BCUT2D eigenvalue weighted by molar-refractivity contribution is 7.90. The van der Waals surface area contributed by atoms with Gasteiger partial charge in [-0.15, -0.1) is 0 Å². The predicted molar refractivity (Wildman–Crippen MR) is 104 cm³/mol. The molecule has 3 fully saturated rings. The average molecular weight is 427 g/mol. The molecule has 9 heteroatoms. The maximum atomic E-state index is 14.1. The van der Waals surface area contributed by atoms with Crippen LogP contribution in [-0.2, 0) is 9.84 Å². The lowest BCUT2D eigenvalue weighted by Crippen LogP contribution is -2.52. The van der Waals surface area contributed by atoms with E-state index in [0.29, 0.717) is 31.2 Å². The lowest BCUT2D eigenvalue weighted by atomic mass is 9.85. The summed E-state index contributed by atoms with van der Waals surface area (Å²) in [6.45, 7) is 1.81. The Morgan fingerprint density at radius 2 is 1.93 bits per heavy atom. The van der Waals surface area contributed by atoms with Crippen LogP contribution in [0.4, 0.5) is 9.18 Å². The molecule has 1 amide bonds. The van der Waals surface area contributed by atoms with Crippen LogP contribution in [0, 0.1) is 11.7 Å². The Balaban J connectivity index is 1.26. The molecule has 1 heterocycles. The van der Waals surface area contributed by atoms with E-state index in [-0.39, 0.29) is 16.7 Å². The number of carboxylic acid groups (broad SMARTS) is 1. The number of nitrogens with zero attached hydrogens (tertiary/aromatic N) is 2. The topological polar surface area (TPSA) is 87.2 Å². The molecule has 2 saturated carbocycles. The molecule has 1 N–H and O–H groups in total. The molecule has 0 bridgehead atoms. The van der Waals surface area contributed by atoms with Gasteiger partial charge in [0.25, 0.3) is 0 Å². The van der Waals surface area contributed by atoms with Gasteiger partial charge in [-0.3, -0.25) is 4.90 Å². The van der Waals surface area contributed by atoms with Crippen LogP contribution >= 0.6 is 0 Å². The van der Waals surface area contributed by atoms with Crippen LogP contribution in [-0.4, -0.2) is 73.5 Å². The molecule has 1 aromatic carbocycles. The van der Waals surface area contributed by atoms with Crippen LogP contribution in [0.5, 0.6) is 5.75 Å². The number of fused-ring (bicyclic) bond motifs is 1. The number of amides is 1. The summed E-state index contributed by atoms with van der Waals surface area (Å²) in [5.41, 5.74) is 0. The van der Waals surface area contributed by atoms with E-state index in [1.165, 1.54) is 12.1 Å². The summed E-state index contributed by atoms with van der Waals surface area (Å²) >= 11 is 0. The van der Waals surface area contributed by atoms with Gasteiger partial charge in [0.2, 0.25) is 0 Å². The van der Waals surface area contributed by atoms with E-state index in [9.17, 15) is 22.7 Å². The summed E-state index contributed by atoms with van der Waals surface area (Å²) in [4.78, 5) is 15.2. The zero-order valence-electron chi connectivity index (χ0n) is 16.5. The summed E-state index contributed by atoms with van der Waals surface area (Å²) < 4.78 is 42.8. The molecule has 0 aromatic heterocycles. The van der Waals surface area contributed by atoms with Crippen molar-refractivity contribution in [2.24, 2.45) is 5.92 Å². The normalized spacial score (nSPS) is 29.9. The van der Waals surface area contributed by atoms with Crippen molar-refractivity contribution in [2.75, 3.05) is 26.0 Å². The first kappa shape index (κ1) is 20.4.